The van der Waals surface area contributed by atoms with Crippen LogP contribution in [0.1, 0.15) is 33.4 Å². The third kappa shape index (κ3) is 2.88. The van der Waals surface area contributed by atoms with E-state index in [1.165, 1.54) is 44.8 Å². The van der Waals surface area contributed by atoms with Crippen LogP contribution in [0.5, 0.6) is 0 Å². The molecule has 0 aliphatic rings. The first-order chi connectivity index (χ1) is 11.3. The van der Waals surface area contributed by atoms with Crippen molar-refractivity contribution in [1.29, 1.82) is 0 Å². The van der Waals surface area contributed by atoms with Crippen LogP contribution in [0.4, 0.5) is 0 Å². The van der Waals surface area contributed by atoms with Gasteiger partial charge in [-0.3, -0.25) is 0 Å². The maximum absolute atomic E-state index is 3.50. The van der Waals surface area contributed by atoms with E-state index in [9.17, 15) is 0 Å². The molecule has 3 rings (SSSR count). The molecule has 0 spiro atoms. The number of aryl methyl sites for hydroxylation is 6. The Morgan fingerprint density at radius 2 is 0.875 bits per heavy atom. The quantitative estimate of drug-likeness (QED) is 0.514. The van der Waals surface area contributed by atoms with Gasteiger partial charge in [-0.15, -0.1) is 0 Å². The van der Waals surface area contributed by atoms with Gasteiger partial charge in [-0.25, -0.2) is 0 Å². The Labute approximate surface area is 154 Å². The molecule has 0 radical (unpaired) electrons. The molecule has 24 heavy (non-hydrogen) atoms. The molecule has 1 aromatic heterocycles. The van der Waals surface area contributed by atoms with Crippen molar-refractivity contribution in [2.45, 2.75) is 41.5 Å². The number of imidazole rings is 1. The molecule has 0 N–H and O–H groups in total. The van der Waals surface area contributed by atoms with Gasteiger partial charge in [0.05, 0.1) is 0 Å². The van der Waals surface area contributed by atoms with Gasteiger partial charge in [0, 0.05) is 0 Å². The summed E-state index contributed by atoms with van der Waals surface area (Å²) >= 11 is 3.50. The minimum absolute atomic E-state index is 1.07. The summed E-state index contributed by atoms with van der Waals surface area (Å²) in [4.78, 5) is 0. The number of benzene rings is 2. The summed E-state index contributed by atoms with van der Waals surface area (Å²) in [5.74, 6) is 0. The van der Waals surface area contributed by atoms with Crippen molar-refractivity contribution in [3.63, 3.8) is 0 Å². The fraction of sp³-hybridized carbons (Fsp3) is 0.286. The topological polar surface area (TPSA) is 9.86 Å². The minimum atomic E-state index is 1.07. The Morgan fingerprint density at radius 1 is 0.583 bits per heavy atom. The molecule has 3 heteroatoms. The van der Waals surface area contributed by atoms with Crippen molar-refractivity contribution in [3.05, 3.63) is 73.9 Å². The molecule has 0 saturated heterocycles. The second-order valence-corrected chi connectivity index (χ2v) is 7.47. The number of aromatic nitrogens is 2. The average Bonchev–Trinajstić information content (AvgIpc) is 2.79. The first kappa shape index (κ1) is 17.1. The molecule has 0 aliphatic carbocycles. The van der Waals surface area contributed by atoms with E-state index in [0.29, 0.717) is 0 Å². The summed E-state index contributed by atoms with van der Waals surface area (Å²) in [5.41, 5.74) is 10.3. The second kappa shape index (κ2) is 6.32. The molecule has 0 aliphatic heterocycles. The normalized spacial score (nSPS) is 11.2. The molecule has 3 aromatic rings. The SMILES string of the molecule is Cc1cc(C)c(-n2ccn(-c3c(C)cc(C)cc3C)[c]2=[Pd-2])c(C)c1. The number of hydrogen-bond acceptors (Lipinski definition) is 0. The third-order valence-electron chi connectivity index (χ3n) is 4.49. The Morgan fingerprint density at radius 3 is 1.17 bits per heavy atom. The molecule has 130 valence electrons. The standard InChI is InChI=1S/C21H24N2.Pd/c1-14-9-16(3)20(17(4)10-14)22-7-8-23(13-22)21-18(5)11-15(2)12-19(21)6;/h7-12H,1-6H3;/q;-2. The number of hydrogen-bond donors (Lipinski definition) is 0. The van der Waals surface area contributed by atoms with Gasteiger partial charge in [0.25, 0.3) is 0 Å². The molecule has 0 saturated carbocycles. The van der Waals surface area contributed by atoms with Gasteiger partial charge < -0.3 is 0 Å². The van der Waals surface area contributed by atoms with E-state index < -0.39 is 0 Å². The van der Waals surface area contributed by atoms with E-state index >= 15 is 0 Å². The van der Waals surface area contributed by atoms with Gasteiger partial charge >= 0.3 is 155 Å². The summed E-state index contributed by atoms with van der Waals surface area (Å²) < 4.78 is 5.56. The molecular weight excluding hydrogens is 387 g/mol. The molecule has 0 atom stereocenters. The first-order valence-corrected chi connectivity index (χ1v) is 8.99. The molecule has 2 nitrogen and oxygen atoms in total. The van der Waals surface area contributed by atoms with Gasteiger partial charge in [0.1, 0.15) is 0 Å². The molecular formula is C21H24N2Pd-2. The van der Waals surface area contributed by atoms with Crippen LogP contribution in [0.2, 0.25) is 0 Å². The van der Waals surface area contributed by atoms with Gasteiger partial charge in [0.2, 0.25) is 0 Å². The molecule has 0 bridgehead atoms. The van der Waals surface area contributed by atoms with Gasteiger partial charge in [0.15, 0.2) is 0 Å². The Hall–Kier alpha value is -1.69. The van der Waals surface area contributed by atoms with Gasteiger partial charge in [-0.1, -0.05) is 0 Å². The number of nitrogens with zero attached hydrogens (tertiary/aromatic N) is 2. The summed E-state index contributed by atoms with van der Waals surface area (Å²) in [6.07, 6.45) is 4.28. The van der Waals surface area contributed by atoms with Crippen LogP contribution in [0, 0.1) is 45.4 Å². The van der Waals surface area contributed by atoms with Crippen LogP contribution < -0.4 is 0 Å². The zero-order chi connectivity index (χ0) is 17.6. The molecule has 0 amide bonds. The predicted molar refractivity (Wildman–Crippen MR) is 96.8 cm³/mol. The van der Waals surface area contributed by atoms with Crippen LogP contribution in [-0.4, -0.2) is 9.13 Å². The molecule has 0 fully saturated rings. The summed E-state index contributed by atoms with van der Waals surface area (Å²) in [7, 11) is 0. The van der Waals surface area contributed by atoms with E-state index in [1.54, 1.807) is 0 Å². The van der Waals surface area contributed by atoms with Crippen LogP contribution in [0.15, 0.2) is 36.7 Å². The van der Waals surface area contributed by atoms with Crippen molar-refractivity contribution < 1.29 is 18.7 Å². The summed E-state index contributed by atoms with van der Waals surface area (Å²) in [5, 5.41) is 0. The van der Waals surface area contributed by atoms with E-state index in [4.69, 9.17) is 0 Å². The van der Waals surface area contributed by atoms with Crippen molar-refractivity contribution in [3.8, 4) is 11.4 Å². The van der Waals surface area contributed by atoms with Gasteiger partial charge in [-0.2, -0.15) is 0 Å². The Bertz CT molecular complexity index is 865. The monoisotopic (exact) mass is 410 g/mol. The molecule has 2 aromatic carbocycles. The van der Waals surface area contributed by atoms with Gasteiger partial charge in [-0.05, 0) is 0 Å². The van der Waals surface area contributed by atoms with Crippen LogP contribution in [0.25, 0.3) is 11.4 Å². The van der Waals surface area contributed by atoms with E-state index in [2.05, 4.69) is 106 Å². The Kier molecular flexibility index (Phi) is 4.51. The maximum atomic E-state index is 3.50. The fourth-order valence-corrected chi connectivity index (χ4v) is 4.37. The van der Waals surface area contributed by atoms with E-state index in [1.807, 2.05) is 0 Å². The fourth-order valence-electron chi connectivity index (χ4n) is 3.79. The van der Waals surface area contributed by atoms with Crippen molar-refractivity contribution in [2.24, 2.45) is 0 Å². The summed E-state index contributed by atoms with van der Waals surface area (Å²) in [6, 6.07) is 8.97. The van der Waals surface area contributed by atoms with E-state index in [0.717, 1.165) is 3.89 Å². The van der Waals surface area contributed by atoms with Crippen molar-refractivity contribution in [2.75, 3.05) is 0 Å². The first-order valence-electron chi connectivity index (χ1n) is 8.21. The number of rotatable bonds is 2. The van der Waals surface area contributed by atoms with Crippen LogP contribution in [-0.2, 0) is 18.7 Å². The summed E-state index contributed by atoms with van der Waals surface area (Å²) in [6.45, 7) is 13.0. The third-order valence-corrected chi connectivity index (χ3v) is 5.23. The average molecular weight is 411 g/mol. The van der Waals surface area contributed by atoms with Crippen LogP contribution in [0.3, 0.4) is 0 Å². The Balaban J connectivity index is 2.24. The van der Waals surface area contributed by atoms with Crippen molar-refractivity contribution >= 4 is 0 Å². The molecule has 0 unspecified atom stereocenters. The van der Waals surface area contributed by atoms with Crippen LogP contribution >= 0.6 is 0 Å². The zero-order valence-electron chi connectivity index (χ0n) is 15.2. The predicted octanol–water partition coefficient (Wildman–Crippen LogP) is 5.20. The van der Waals surface area contributed by atoms with Crippen molar-refractivity contribution in [1.82, 2.24) is 9.13 Å². The van der Waals surface area contributed by atoms with E-state index in [-0.39, 0.29) is 0 Å². The molecule has 1 heterocycles. The zero-order valence-corrected chi connectivity index (χ0v) is 16.7. The second-order valence-electron chi connectivity index (χ2n) is 6.77.